The lowest BCUT2D eigenvalue weighted by Gasteiger charge is -2.38. The van der Waals surface area contributed by atoms with Crippen LogP contribution in [0.25, 0.3) is 22.3 Å². The van der Waals surface area contributed by atoms with Gasteiger partial charge in [-0.3, -0.25) is 4.79 Å². The molecule has 0 spiro atoms. The molecule has 16 nitrogen and oxygen atoms in total. The highest BCUT2D eigenvalue weighted by molar-refractivity contribution is 5.88. The van der Waals surface area contributed by atoms with Gasteiger partial charge in [-0.05, 0) is 19.1 Å². The van der Waals surface area contributed by atoms with Crippen LogP contribution >= 0.6 is 0 Å². The molecule has 1 aromatic heterocycles. The highest BCUT2D eigenvalue weighted by Gasteiger charge is 2.43. The van der Waals surface area contributed by atoms with Gasteiger partial charge in [0.2, 0.25) is 29.5 Å². The zero-order valence-electron chi connectivity index (χ0n) is 23.6. The van der Waals surface area contributed by atoms with Crippen LogP contribution in [0.15, 0.2) is 33.5 Å². The van der Waals surface area contributed by atoms with E-state index in [1.165, 1.54) is 33.3 Å². The van der Waals surface area contributed by atoms with Crippen LogP contribution in [0.5, 0.6) is 34.5 Å². The van der Waals surface area contributed by atoms with E-state index in [1.807, 2.05) is 0 Å². The first-order valence-corrected chi connectivity index (χ1v) is 13.3. The summed E-state index contributed by atoms with van der Waals surface area (Å²) in [6, 6.07) is 4.69. The number of benzene rings is 2. The standard InChI is InChI=1S/C28H32O16/c1-9-18(32)21(35)23(37)28(41-9)42-11-6-12(29)17-15(7-11)43-24(26(39-3)20(17)34)10-4-13(30)25(38-2)16(5-10)44-27-22(36)19(33)14(31)8-40-27/h4-7,9,14,18-19,21-23,27-33,35-37H,8H2,1-3H3/t9-,14-,18-,19+,21-,22+,23+,27+,28-/m0/s1. The summed E-state index contributed by atoms with van der Waals surface area (Å²) in [6.07, 6.45) is -13.1. The molecule has 8 N–H and O–H groups in total. The molecule has 0 aliphatic carbocycles. The minimum Gasteiger partial charge on any atom is -0.507 e. The summed E-state index contributed by atoms with van der Waals surface area (Å²) in [5.41, 5.74) is -1.03. The van der Waals surface area contributed by atoms with Gasteiger partial charge in [0, 0.05) is 17.7 Å². The predicted octanol–water partition coefficient (Wildman–Crippen LogP) is -1.09. The molecule has 0 unspecified atom stereocenters. The number of hydrogen-bond donors (Lipinski definition) is 8. The van der Waals surface area contributed by atoms with Crippen molar-refractivity contribution < 1.29 is 73.7 Å². The second-order valence-electron chi connectivity index (χ2n) is 10.3. The maximum Gasteiger partial charge on any atom is 0.239 e. The SMILES string of the molecule is COc1c(O)cc(-c2oc3cc(O[C@@H]4O[C@@H](C)[C@H](O)[C@H](O)[C@H]4O)cc(O)c3c(=O)c2OC)cc1O[C@H]1OC[C@H](O)[C@@H](O)[C@H]1O. The number of hydrogen-bond acceptors (Lipinski definition) is 16. The molecule has 3 aromatic rings. The van der Waals surface area contributed by atoms with Crippen LogP contribution in [0.2, 0.25) is 0 Å². The molecule has 2 saturated heterocycles. The fourth-order valence-electron chi connectivity index (χ4n) is 4.97. The van der Waals surface area contributed by atoms with E-state index in [2.05, 4.69) is 0 Å². The lowest BCUT2D eigenvalue weighted by molar-refractivity contribution is -0.268. The second kappa shape index (κ2) is 12.3. The number of aliphatic hydroxyl groups excluding tert-OH is 6. The van der Waals surface area contributed by atoms with E-state index < -0.39 is 72.2 Å². The van der Waals surface area contributed by atoms with E-state index in [1.54, 1.807) is 0 Å². The first kappa shape index (κ1) is 31.6. The second-order valence-corrected chi connectivity index (χ2v) is 10.3. The Morgan fingerprint density at radius 3 is 2.14 bits per heavy atom. The van der Waals surface area contributed by atoms with Gasteiger partial charge in [-0.2, -0.15) is 0 Å². The van der Waals surface area contributed by atoms with E-state index in [0.29, 0.717) is 0 Å². The van der Waals surface area contributed by atoms with Crippen molar-refractivity contribution >= 4 is 11.0 Å². The number of ether oxygens (including phenoxy) is 6. The molecule has 44 heavy (non-hydrogen) atoms. The molecular formula is C28H32O16. The van der Waals surface area contributed by atoms with Gasteiger partial charge in [0.15, 0.2) is 17.3 Å². The van der Waals surface area contributed by atoms with E-state index in [0.717, 1.165) is 12.1 Å². The van der Waals surface area contributed by atoms with Crippen molar-refractivity contribution in [3.8, 4) is 45.8 Å². The molecular weight excluding hydrogens is 592 g/mol. The monoisotopic (exact) mass is 624 g/mol. The summed E-state index contributed by atoms with van der Waals surface area (Å²) in [7, 11) is 2.41. The topological polar surface area (TPSA) is 247 Å². The molecule has 0 radical (unpaired) electrons. The van der Waals surface area contributed by atoms with Crippen LogP contribution in [0.1, 0.15) is 6.92 Å². The quantitative estimate of drug-likeness (QED) is 0.156. The molecule has 2 aliphatic heterocycles. The Kier molecular flexibility index (Phi) is 8.79. The highest BCUT2D eigenvalue weighted by atomic mass is 16.7. The van der Waals surface area contributed by atoms with Crippen LogP contribution < -0.4 is 24.4 Å². The van der Waals surface area contributed by atoms with Crippen molar-refractivity contribution in [2.45, 2.75) is 62.2 Å². The highest BCUT2D eigenvalue weighted by Crippen LogP contribution is 2.44. The lowest BCUT2D eigenvalue weighted by atomic mass is 10.00. The van der Waals surface area contributed by atoms with Crippen LogP contribution in [0, 0.1) is 0 Å². The zero-order chi connectivity index (χ0) is 32.0. The van der Waals surface area contributed by atoms with E-state index >= 15 is 0 Å². The first-order valence-electron chi connectivity index (χ1n) is 13.3. The Morgan fingerprint density at radius 2 is 1.45 bits per heavy atom. The van der Waals surface area contributed by atoms with Crippen molar-refractivity contribution in [3.63, 3.8) is 0 Å². The smallest absolute Gasteiger partial charge is 0.239 e. The third-order valence-corrected chi connectivity index (χ3v) is 7.37. The molecule has 0 amide bonds. The van der Waals surface area contributed by atoms with Crippen LogP contribution in [0.4, 0.5) is 0 Å². The van der Waals surface area contributed by atoms with Gasteiger partial charge in [-0.1, -0.05) is 0 Å². The summed E-state index contributed by atoms with van der Waals surface area (Å²) in [6.45, 7) is 1.10. The summed E-state index contributed by atoms with van der Waals surface area (Å²) in [4.78, 5) is 13.4. The number of aliphatic hydroxyl groups is 6. The number of aromatic hydroxyl groups is 2. The maximum atomic E-state index is 13.4. The first-order chi connectivity index (χ1) is 20.9. The molecule has 9 atom stereocenters. The van der Waals surface area contributed by atoms with E-state index in [9.17, 15) is 45.6 Å². The predicted molar refractivity (Wildman–Crippen MR) is 146 cm³/mol. The Morgan fingerprint density at radius 1 is 0.773 bits per heavy atom. The van der Waals surface area contributed by atoms with Crippen LogP contribution in [-0.2, 0) is 9.47 Å². The van der Waals surface area contributed by atoms with Gasteiger partial charge in [0.25, 0.3) is 0 Å². The Bertz CT molecular complexity index is 1570. The van der Waals surface area contributed by atoms with Crippen molar-refractivity contribution in [2.75, 3.05) is 20.8 Å². The molecule has 2 aromatic carbocycles. The fourth-order valence-corrected chi connectivity index (χ4v) is 4.97. The minimum absolute atomic E-state index is 0.00261. The molecule has 2 fully saturated rings. The molecule has 0 bridgehead atoms. The molecule has 240 valence electrons. The van der Waals surface area contributed by atoms with Gasteiger partial charge in [-0.15, -0.1) is 0 Å². The Hall–Kier alpha value is -3.87. The van der Waals surface area contributed by atoms with Crippen molar-refractivity contribution in [3.05, 3.63) is 34.5 Å². The number of methoxy groups -OCH3 is 2. The van der Waals surface area contributed by atoms with Gasteiger partial charge in [0.05, 0.1) is 26.9 Å². The molecule has 2 aliphatic rings. The number of rotatable bonds is 7. The average Bonchev–Trinajstić information content (AvgIpc) is 2.98. The Labute approximate surface area is 248 Å². The maximum absolute atomic E-state index is 13.4. The van der Waals surface area contributed by atoms with Gasteiger partial charge in [0.1, 0.15) is 59.1 Å². The number of phenols is 2. The van der Waals surface area contributed by atoms with E-state index in [4.69, 9.17) is 32.8 Å². The largest absolute Gasteiger partial charge is 0.507 e. The normalized spacial score (nSPS) is 30.6. The lowest BCUT2D eigenvalue weighted by Crippen LogP contribution is -2.58. The van der Waals surface area contributed by atoms with Crippen LogP contribution in [-0.4, -0.2) is 117 Å². The van der Waals surface area contributed by atoms with Gasteiger partial charge >= 0.3 is 0 Å². The molecule has 0 saturated carbocycles. The van der Waals surface area contributed by atoms with Crippen LogP contribution in [0.3, 0.4) is 0 Å². The average molecular weight is 625 g/mol. The summed E-state index contributed by atoms with van der Waals surface area (Å²) >= 11 is 0. The summed E-state index contributed by atoms with van der Waals surface area (Å²) in [5.74, 6) is -2.24. The fraction of sp³-hybridized carbons (Fsp3) is 0.464. The molecule has 3 heterocycles. The zero-order valence-corrected chi connectivity index (χ0v) is 23.6. The number of fused-ring (bicyclic) bond motifs is 1. The third-order valence-electron chi connectivity index (χ3n) is 7.37. The third kappa shape index (κ3) is 5.57. The van der Waals surface area contributed by atoms with E-state index in [-0.39, 0.29) is 51.9 Å². The molecule has 5 rings (SSSR count). The summed E-state index contributed by atoms with van der Waals surface area (Å²) < 4.78 is 38.5. The molecule has 16 heteroatoms. The van der Waals surface area contributed by atoms with Crippen molar-refractivity contribution in [2.24, 2.45) is 0 Å². The summed E-state index contributed by atoms with van der Waals surface area (Å²) in [5, 5.41) is 81.6. The Balaban J connectivity index is 1.57. The van der Waals surface area contributed by atoms with Gasteiger partial charge < -0.3 is 73.7 Å². The van der Waals surface area contributed by atoms with Crippen molar-refractivity contribution in [1.29, 1.82) is 0 Å². The van der Waals surface area contributed by atoms with Gasteiger partial charge in [-0.25, -0.2) is 0 Å². The number of phenolic OH excluding ortho intramolecular Hbond substituents is 2. The minimum atomic E-state index is -1.68. The van der Waals surface area contributed by atoms with Crippen molar-refractivity contribution in [1.82, 2.24) is 0 Å².